The number of methoxy groups -OCH3 is 1. The molecule has 6 heteroatoms. The molecule has 0 aliphatic heterocycles. The van der Waals surface area contributed by atoms with E-state index in [0.717, 1.165) is 12.1 Å². The second-order valence-corrected chi connectivity index (χ2v) is 3.64. The lowest BCUT2D eigenvalue weighted by molar-refractivity contribution is -0.137. The van der Waals surface area contributed by atoms with Crippen LogP contribution in [0.25, 0.3) is 0 Å². The molecule has 0 amide bonds. The zero-order valence-corrected chi connectivity index (χ0v) is 10.3. The van der Waals surface area contributed by atoms with Gasteiger partial charge in [0.15, 0.2) is 0 Å². The third kappa shape index (κ3) is 4.18. The summed E-state index contributed by atoms with van der Waals surface area (Å²) in [5, 5.41) is 0. The molecule has 0 radical (unpaired) electrons. The van der Waals surface area contributed by atoms with Crippen molar-refractivity contribution in [2.24, 2.45) is 5.73 Å². The standard InChI is InChI=1S/C11H14F3NO.ClH/c1-7(15)10(16-2)8-4-3-5-9(6-8)11(12,13)14;/h3-7,10H,15H2,1-2H3;1H. The lowest BCUT2D eigenvalue weighted by Gasteiger charge is -2.20. The zero-order valence-electron chi connectivity index (χ0n) is 9.49. The summed E-state index contributed by atoms with van der Waals surface area (Å²) in [6.07, 6.45) is -4.87. The molecule has 0 aliphatic carbocycles. The number of rotatable bonds is 3. The molecule has 0 saturated carbocycles. The Balaban J connectivity index is 0.00000256. The summed E-state index contributed by atoms with van der Waals surface area (Å²) in [6.45, 7) is 1.69. The van der Waals surface area contributed by atoms with E-state index in [-0.39, 0.29) is 18.4 Å². The molecule has 2 unspecified atom stereocenters. The fourth-order valence-electron chi connectivity index (χ4n) is 1.55. The first-order valence-corrected chi connectivity index (χ1v) is 4.81. The highest BCUT2D eigenvalue weighted by Gasteiger charge is 2.31. The highest BCUT2D eigenvalue weighted by atomic mass is 35.5. The van der Waals surface area contributed by atoms with Gasteiger partial charge in [-0.25, -0.2) is 0 Å². The normalized spacial score (nSPS) is 14.9. The molecule has 2 nitrogen and oxygen atoms in total. The SMILES string of the molecule is COC(c1cccc(C(F)(F)F)c1)C(C)N.Cl. The summed E-state index contributed by atoms with van der Waals surface area (Å²) >= 11 is 0. The van der Waals surface area contributed by atoms with E-state index in [4.69, 9.17) is 10.5 Å². The van der Waals surface area contributed by atoms with Gasteiger partial charge in [-0.1, -0.05) is 12.1 Å². The topological polar surface area (TPSA) is 35.2 Å². The lowest BCUT2D eigenvalue weighted by atomic mass is 10.0. The Morgan fingerprint density at radius 2 is 1.88 bits per heavy atom. The molecular weight excluding hydrogens is 255 g/mol. The number of hydrogen-bond acceptors (Lipinski definition) is 2. The summed E-state index contributed by atoms with van der Waals surface area (Å²) in [4.78, 5) is 0. The Bertz CT molecular complexity index is 355. The van der Waals surface area contributed by atoms with Crippen molar-refractivity contribution in [1.82, 2.24) is 0 Å². The van der Waals surface area contributed by atoms with E-state index in [1.54, 1.807) is 13.0 Å². The Hall–Kier alpha value is -0.780. The molecule has 0 bridgehead atoms. The van der Waals surface area contributed by atoms with Gasteiger partial charge in [-0.05, 0) is 24.6 Å². The monoisotopic (exact) mass is 269 g/mol. The van der Waals surface area contributed by atoms with Crippen LogP contribution in [0.1, 0.15) is 24.2 Å². The lowest BCUT2D eigenvalue weighted by Crippen LogP contribution is -2.26. The van der Waals surface area contributed by atoms with Crippen molar-refractivity contribution in [3.05, 3.63) is 35.4 Å². The molecule has 2 atom stereocenters. The first-order valence-electron chi connectivity index (χ1n) is 4.81. The van der Waals surface area contributed by atoms with Crippen LogP contribution in [0.4, 0.5) is 13.2 Å². The second kappa shape index (κ2) is 6.23. The predicted octanol–water partition coefficient (Wildman–Crippen LogP) is 3.16. The van der Waals surface area contributed by atoms with Gasteiger partial charge in [0, 0.05) is 13.2 Å². The molecule has 0 heterocycles. The predicted molar refractivity (Wildman–Crippen MR) is 62.1 cm³/mol. The van der Waals surface area contributed by atoms with E-state index in [2.05, 4.69) is 0 Å². The van der Waals surface area contributed by atoms with Crippen LogP contribution < -0.4 is 5.73 Å². The number of alkyl halides is 3. The molecule has 0 saturated heterocycles. The van der Waals surface area contributed by atoms with Crippen molar-refractivity contribution in [2.45, 2.75) is 25.2 Å². The van der Waals surface area contributed by atoms with Gasteiger partial charge in [-0.3, -0.25) is 0 Å². The highest BCUT2D eigenvalue weighted by molar-refractivity contribution is 5.85. The number of benzene rings is 1. The van der Waals surface area contributed by atoms with Crippen molar-refractivity contribution in [3.63, 3.8) is 0 Å². The van der Waals surface area contributed by atoms with Gasteiger partial charge >= 0.3 is 6.18 Å². The number of nitrogens with two attached hydrogens (primary N) is 1. The Morgan fingerprint density at radius 3 is 2.29 bits per heavy atom. The van der Waals surface area contributed by atoms with E-state index in [1.165, 1.54) is 13.2 Å². The summed E-state index contributed by atoms with van der Waals surface area (Å²) in [5.41, 5.74) is 5.38. The summed E-state index contributed by atoms with van der Waals surface area (Å²) in [6, 6.07) is 4.65. The van der Waals surface area contributed by atoms with Crippen LogP contribution in [0.5, 0.6) is 0 Å². The van der Waals surface area contributed by atoms with Crippen molar-refractivity contribution >= 4 is 12.4 Å². The van der Waals surface area contributed by atoms with Gasteiger partial charge in [0.2, 0.25) is 0 Å². The first-order chi connectivity index (χ1) is 7.36. The molecule has 98 valence electrons. The molecule has 2 N–H and O–H groups in total. The first kappa shape index (κ1) is 16.2. The molecule has 1 aromatic rings. The Kier molecular flexibility index (Phi) is 5.95. The zero-order chi connectivity index (χ0) is 12.3. The van der Waals surface area contributed by atoms with Crippen LogP contribution in [0.3, 0.4) is 0 Å². The van der Waals surface area contributed by atoms with E-state index >= 15 is 0 Å². The minimum atomic E-state index is -4.34. The molecule has 0 aromatic heterocycles. The van der Waals surface area contributed by atoms with Crippen LogP contribution in [-0.2, 0) is 10.9 Å². The average molecular weight is 270 g/mol. The van der Waals surface area contributed by atoms with E-state index in [0.29, 0.717) is 5.56 Å². The van der Waals surface area contributed by atoms with Gasteiger partial charge in [-0.2, -0.15) is 13.2 Å². The fourth-order valence-corrected chi connectivity index (χ4v) is 1.55. The molecule has 0 fully saturated rings. The van der Waals surface area contributed by atoms with Gasteiger partial charge < -0.3 is 10.5 Å². The molecule has 1 aromatic carbocycles. The maximum absolute atomic E-state index is 12.5. The largest absolute Gasteiger partial charge is 0.416 e. The van der Waals surface area contributed by atoms with Crippen LogP contribution in [0.2, 0.25) is 0 Å². The summed E-state index contributed by atoms with van der Waals surface area (Å²) in [5.74, 6) is 0. The minimum Gasteiger partial charge on any atom is -0.375 e. The summed E-state index contributed by atoms with van der Waals surface area (Å²) < 4.78 is 42.5. The van der Waals surface area contributed by atoms with E-state index in [9.17, 15) is 13.2 Å². The van der Waals surface area contributed by atoms with Gasteiger partial charge in [0.1, 0.15) is 0 Å². The molecular formula is C11H15ClF3NO. The smallest absolute Gasteiger partial charge is 0.375 e. The average Bonchev–Trinajstić information content (AvgIpc) is 2.17. The molecule has 17 heavy (non-hydrogen) atoms. The van der Waals surface area contributed by atoms with Crippen molar-refractivity contribution < 1.29 is 17.9 Å². The minimum absolute atomic E-state index is 0. The third-order valence-electron chi connectivity index (χ3n) is 2.27. The van der Waals surface area contributed by atoms with Crippen LogP contribution in [0.15, 0.2) is 24.3 Å². The van der Waals surface area contributed by atoms with Crippen molar-refractivity contribution in [1.29, 1.82) is 0 Å². The molecule has 0 spiro atoms. The number of hydrogen-bond donors (Lipinski definition) is 1. The number of halogens is 4. The molecule has 1 rings (SSSR count). The highest BCUT2D eigenvalue weighted by Crippen LogP contribution is 2.31. The Labute approximate surface area is 104 Å². The quantitative estimate of drug-likeness (QED) is 0.915. The van der Waals surface area contributed by atoms with Crippen LogP contribution in [0, 0.1) is 0 Å². The maximum atomic E-state index is 12.5. The summed E-state index contributed by atoms with van der Waals surface area (Å²) in [7, 11) is 1.42. The maximum Gasteiger partial charge on any atom is 0.416 e. The Morgan fingerprint density at radius 1 is 1.29 bits per heavy atom. The second-order valence-electron chi connectivity index (χ2n) is 3.64. The van der Waals surface area contributed by atoms with E-state index < -0.39 is 17.8 Å². The van der Waals surface area contributed by atoms with Gasteiger partial charge in [0.25, 0.3) is 0 Å². The van der Waals surface area contributed by atoms with Crippen molar-refractivity contribution in [2.75, 3.05) is 7.11 Å². The molecule has 0 aliphatic rings. The van der Waals surface area contributed by atoms with E-state index in [1.807, 2.05) is 0 Å². The van der Waals surface area contributed by atoms with Gasteiger partial charge in [-0.15, -0.1) is 12.4 Å². The fraction of sp³-hybridized carbons (Fsp3) is 0.455. The van der Waals surface area contributed by atoms with Gasteiger partial charge in [0.05, 0.1) is 11.7 Å². The van der Waals surface area contributed by atoms with Crippen LogP contribution in [-0.4, -0.2) is 13.2 Å². The third-order valence-corrected chi connectivity index (χ3v) is 2.27. The number of ether oxygens (including phenoxy) is 1. The van der Waals surface area contributed by atoms with Crippen LogP contribution >= 0.6 is 12.4 Å². The van der Waals surface area contributed by atoms with Crippen molar-refractivity contribution in [3.8, 4) is 0 Å².